The minimum atomic E-state index is -0.131. The fourth-order valence-corrected chi connectivity index (χ4v) is 3.43. The summed E-state index contributed by atoms with van der Waals surface area (Å²) in [6.07, 6.45) is 6.76. The largest absolute Gasteiger partial charge is 0.326 e. The molecular weight excluding hydrogens is 338 g/mol. The van der Waals surface area contributed by atoms with Crippen LogP contribution in [0.4, 0.5) is 4.79 Å². The molecule has 2 aliphatic rings. The first kappa shape index (κ1) is 19.5. The summed E-state index contributed by atoms with van der Waals surface area (Å²) < 4.78 is 0. The molecule has 0 spiro atoms. The maximum Gasteiger partial charge on any atom is 0.326 e. The topological polar surface area (TPSA) is 43.9 Å². The Balaban J connectivity index is 0.00000225. The van der Waals surface area contributed by atoms with E-state index >= 15 is 0 Å². The van der Waals surface area contributed by atoms with Gasteiger partial charge in [0, 0.05) is 45.7 Å². The Morgan fingerprint density at radius 1 is 1.08 bits per heavy atom. The van der Waals surface area contributed by atoms with Gasteiger partial charge in [0.15, 0.2) is 0 Å². The average molecular weight is 364 g/mol. The second-order valence-corrected chi connectivity index (χ2v) is 6.52. The highest BCUT2D eigenvalue weighted by atomic mass is 35.5. The van der Waals surface area contributed by atoms with Gasteiger partial charge in [0.25, 0.3) is 0 Å². The Morgan fingerprint density at radius 2 is 1.76 bits per heavy atom. The van der Waals surface area contributed by atoms with Crippen molar-refractivity contribution in [2.75, 3.05) is 33.2 Å². The number of halogens is 1. The molecule has 2 heterocycles. The van der Waals surface area contributed by atoms with E-state index < -0.39 is 0 Å². The molecule has 25 heavy (non-hydrogen) atoms. The third-order valence-electron chi connectivity index (χ3n) is 4.94. The average Bonchev–Trinajstić information content (AvgIpc) is 2.62. The number of hydrogen-bond acceptors (Lipinski definition) is 3. The molecule has 0 atom stereocenters. The molecule has 2 fully saturated rings. The Labute approximate surface area is 155 Å². The van der Waals surface area contributed by atoms with Gasteiger partial charge in [-0.15, -0.1) is 12.4 Å². The zero-order chi connectivity index (χ0) is 16.9. The number of urea groups is 1. The highest BCUT2D eigenvalue weighted by Crippen LogP contribution is 2.21. The molecule has 1 aromatic rings. The van der Waals surface area contributed by atoms with Gasteiger partial charge in [-0.2, -0.15) is 0 Å². The molecular formula is C19H26ClN3O2. The third kappa shape index (κ3) is 4.83. The Hall–Kier alpha value is -1.85. The molecule has 3 amide bonds. The van der Waals surface area contributed by atoms with Crippen molar-refractivity contribution in [1.82, 2.24) is 14.7 Å². The quantitative estimate of drug-likeness (QED) is 0.826. The molecule has 136 valence electrons. The van der Waals surface area contributed by atoms with Crippen LogP contribution in [0.15, 0.2) is 36.4 Å². The van der Waals surface area contributed by atoms with Crippen LogP contribution in [0.2, 0.25) is 0 Å². The molecule has 0 aromatic heterocycles. The van der Waals surface area contributed by atoms with Crippen LogP contribution >= 0.6 is 12.4 Å². The van der Waals surface area contributed by atoms with Crippen LogP contribution in [0.5, 0.6) is 0 Å². The first-order valence-corrected chi connectivity index (χ1v) is 8.66. The number of rotatable bonds is 4. The molecule has 3 rings (SSSR count). The lowest BCUT2D eigenvalue weighted by atomic mass is 10.0. The van der Waals surface area contributed by atoms with Crippen molar-refractivity contribution in [3.8, 4) is 0 Å². The smallest absolute Gasteiger partial charge is 0.321 e. The van der Waals surface area contributed by atoms with Crippen LogP contribution < -0.4 is 0 Å². The lowest BCUT2D eigenvalue weighted by Gasteiger charge is -2.41. The maximum absolute atomic E-state index is 12.3. The molecule has 1 aromatic carbocycles. The first-order valence-electron chi connectivity index (χ1n) is 8.66. The summed E-state index contributed by atoms with van der Waals surface area (Å²) in [6.45, 7) is 3.49. The Morgan fingerprint density at radius 3 is 2.44 bits per heavy atom. The lowest BCUT2D eigenvalue weighted by Crippen LogP contribution is -2.56. The van der Waals surface area contributed by atoms with Crippen molar-refractivity contribution in [2.24, 2.45) is 0 Å². The third-order valence-corrected chi connectivity index (χ3v) is 4.94. The van der Waals surface area contributed by atoms with Gasteiger partial charge in [-0.3, -0.25) is 14.6 Å². The molecule has 0 unspecified atom stereocenters. The van der Waals surface area contributed by atoms with Gasteiger partial charge in [0.1, 0.15) is 0 Å². The van der Waals surface area contributed by atoms with Crippen molar-refractivity contribution >= 4 is 30.4 Å². The number of imide groups is 1. The number of piperidine rings is 1. The number of carbonyl (C=O) groups is 2. The zero-order valence-electron chi connectivity index (χ0n) is 14.6. The fraction of sp³-hybridized carbons (Fsp3) is 0.474. The summed E-state index contributed by atoms with van der Waals surface area (Å²) >= 11 is 0. The van der Waals surface area contributed by atoms with E-state index in [0.29, 0.717) is 13.0 Å². The summed E-state index contributed by atoms with van der Waals surface area (Å²) in [5, 5.41) is 0. The molecule has 2 saturated heterocycles. The van der Waals surface area contributed by atoms with Gasteiger partial charge < -0.3 is 4.90 Å². The van der Waals surface area contributed by atoms with E-state index in [1.54, 1.807) is 7.05 Å². The summed E-state index contributed by atoms with van der Waals surface area (Å²) in [7, 11) is 1.58. The van der Waals surface area contributed by atoms with E-state index in [2.05, 4.69) is 29.2 Å². The summed E-state index contributed by atoms with van der Waals surface area (Å²) in [5.74, 6) is -0.0697. The first-order chi connectivity index (χ1) is 11.6. The number of nitrogens with zero attached hydrogens (tertiary/aromatic N) is 3. The van der Waals surface area contributed by atoms with Crippen LogP contribution in [0.1, 0.15) is 24.8 Å². The van der Waals surface area contributed by atoms with E-state index in [1.807, 2.05) is 23.1 Å². The maximum atomic E-state index is 12.3. The summed E-state index contributed by atoms with van der Waals surface area (Å²) in [6, 6.07) is 10.4. The number of hydrogen-bond donors (Lipinski definition) is 0. The molecule has 5 nitrogen and oxygen atoms in total. The number of benzene rings is 1. The van der Waals surface area contributed by atoms with Crippen LogP contribution in [0, 0.1) is 0 Å². The summed E-state index contributed by atoms with van der Waals surface area (Å²) in [5.41, 5.74) is 1.22. The predicted octanol–water partition coefficient (Wildman–Crippen LogP) is 2.87. The Bertz CT molecular complexity index is 612. The Kier molecular flexibility index (Phi) is 7.02. The van der Waals surface area contributed by atoms with Crippen LogP contribution in [0.25, 0.3) is 6.08 Å². The second kappa shape index (κ2) is 9.02. The SMILES string of the molecule is CN1C(=O)CCN(C2CCN(C/C=C\c3ccccc3)CC2)C1=O.Cl. The molecule has 0 saturated carbocycles. The van der Waals surface area contributed by atoms with Gasteiger partial charge in [-0.05, 0) is 18.4 Å². The molecule has 0 aliphatic carbocycles. The fourth-order valence-electron chi connectivity index (χ4n) is 3.43. The number of likely N-dealkylation sites (tertiary alicyclic amines) is 1. The van der Waals surface area contributed by atoms with Crippen molar-refractivity contribution in [2.45, 2.75) is 25.3 Å². The monoisotopic (exact) mass is 363 g/mol. The minimum Gasteiger partial charge on any atom is -0.321 e. The second-order valence-electron chi connectivity index (χ2n) is 6.52. The van der Waals surface area contributed by atoms with Gasteiger partial charge in [-0.1, -0.05) is 42.5 Å². The number of amides is 3. The van der Waals surface area contributed by atoms with Crippen LogP contribution in [0.3, 0.4) is 0 Å². The van der Waals surface area contributed by atoms with E-state index in [-0.39, 0.29) is 30.4 Å². The molecule has 0 N–H and O–H groups in total. The molecule has 0 radical (unpaired) electrons. The zero-order valence-corrected chi connectivity index (χ0v) is 15.5. The van der Waals surface area contributed by atoms with E-state index in [9.17, 15) is 9.59 Å². The highest BCUT2D eigenvalue weighted by molar-refractivity contribution is 5.96. The van der Waals surface area contributed by atoms with Crippen molar-refractivity contribution in [3.05, 3.63) is 42.0 Å². The van der Waals surface area contributed by atoms with Gasteiger partial charge >= 0.3 is 6.03 Å². The molecule has 0 bridgehead atoms. The molecule has 2 aliphatic heterocycles. The van der Waals surface area contributed by atoms with Gasteiger partial charge in [0.2, 0.25) is 5.91 Å². The minimum absolute atomic E-state index is 0. The van der Waals surface area contributed by atoms with Crippen molar-refractivity contribution in [1.29, 1.82) is 0 Å². The van der Waals surface area contributed by atoms with Crippen molar-refractivity contribution < 1.29 is 9.59 Å². The normalized spacial score (nSPS) is 20.2. The van der Waals surface area contributed by atoms with Crippen LogP contribution in [-0.4, -0.2) is 65.9 Å². The van der Waals surface area contributed by atoms with Gasteiger partial charge in [0.05, 0.1) is 0 Å². The number of carbonyl (C=O) groups excluding carboxylic acids is 2. The predicted molar refractivity (Wildman–Crippen MR) is 102 cm³/mol. The van der Waals surface area contributed by atoms with E-state index in [4.69, 9.17) is 0 Å². The lowest BCUT2D eigenvalue weighted by molar-refractivity contribution is -0.130. The van der Waals surface area contributed by atoms with Crippen LogP contribution in [-0.2, 0) is 4.79 Å². The summed E-state index contributed by atoms with van der Waals surface area (Å²) in [4.78, 5) is 29.4. The van der Waals surface area contributed by atoms with E-state index in [0.717, 1.165) is 32.5 Å². The van der Waals surface area contributed by atoms with Gasteiger partial charge in [-0.25, -0.2) is 4.79 Å². The van der Waals surface area contributed by atoms with Crippen molar-refractivity contribution in [3.63, 3.8) is 0 Å². The molecule has 6 heteroatoms. The standard InChI is InChI=1S/C19H25N3O2.ClH/c1-20-18(23)11-15-22(19(20)24)17-9-13-21(14-10-17)12-5-8-16-6-3-2-4-7-16;/h2-8,17H,9-15H2,1H3;1H/b8-5-;. The van der Waals surface area contributed by atoms with E-state index in [1.165, 1.54) is 10.5 Å². The highest BCUT2D eigenvalue weighted by Gasteiger charge is 2.34.